The predicted molar refractivity (Wildman–Crippen MR) is 57.3 cm³/mol. The van der Waals surface area contributed by atoms with Gasteiger partial charge in [0, 0.05) is 18.7 Å². The highest BCUT2D eigenvalue weighted by atomic mass is 16.5. The van der Waals surface area contributed by atoms with Crippen molar-refractivity contribution in [1.82, 2.24) is 4.90 Å². The third-order valence-corrected chi connectivity index (χ3v) is 3.24. The second-order valence-electron chi connectivity index (χ2n) is 4.53. The van der Waals surface area contributed by atoms with Crippen molar-refractivity contribution in [2.24, 2.45) is 0 Å². The molecule has 0 aliphatic carbocycles. The number of aliphatic hydroxyl groups excluding tert-OH is 1. The summed E-state index contributed by atoms with van der Waals surface area (Å²) in [6, 6.07) is 0.938. The molecule has 4 atom stereocenters. The van der Waals surface area contributed by atoms with Gasteiger partial charge in [0.15, 0.2) is 0 Å². The molecule has 1 saturated heterocycles. The van der Waals surface area contributed by atoms with E-state index in [4.69, 9.17) is 4.74 Å². The zero-order valence-electron chi connectivity index (χ0n) is 9.73. The smallest absolute Gasteiger partial charge is 0.0703 e. The van der Waals surface area contributed by atoms with E-state index in [2.05, 4.69) is 25.8 Å². The van der Waals surface area contributed by atoms with Crippen molar-refractivity contribution >= 4 is 0 Å². The SMILES string of the molecule is CC(O)CC(C)N(C)C1CCOC1C. The summed E-state index contributed by atoms with van der Waals surface area (Å²) in [6.45, 7) is 7.01. The van der Waals surface area contributed by atoms with Gasteiger partial charge in [0.05, 0.1) is 12.2 Å². The average Bonchev–Trinajstić information content (AvgIpc) is 2.48. The molecule has 0 aromatic rings. The summed E-state index contributed by atoms with van der Waals surface area (Å²) in [5.41, 5.74) is 0. The summed E-state index contributed by atoms with van der Waals surface area (Å²) in [7, 11) is 2.13. The molecular weight excluding hydrogens is 178 g/mol. The molecule has 0 amide bonds. The van der Waals surface area contributed by atoms with Gasteiger partial charge in [-0.2, -0.15) is 0 Å². The van der Waals surface area contributed by atoms with Gasteiger partial charge in [-0.3, -0.25) is 4.90 Å². The minimum Gasteiger partial charge on any atom is -0.393 e. The van der Waals surface area contributed by atoms with Crippen molar-refractivity contribution in [3.8, 4) is 0 Å². The van der Waals surface area contributed by atoms with E-state index in [1.807, 2.05) is 6.92 Å². The molecule has 1 aliphatic heterocycles. The Kier molecular flexibility index (Phi) is 4.35. The van der Waals surface area contributed by atoms with Gasteiger partial charge in [-0.1, -0.05) is 0 Å². The maximum atomic E-state index is 9.32. The van der Waals surface area contributed by atoms with Crippen LogP contribution >= 0.6 is 0 Å². The van der Waals surface area contributed by atoms with Crippen molar-refractivity contribution in [3.63, 3.8) is 0 Å². The van der Waals surface area contributed by atoms with Crippen LogP contribution in [0.1, 0.15) is 33.6 Å². The zero-order chi connectivity index (χ0) is 10.7. The van der Waals surface area contributed by atoms with Crippen LogP contribution < -0.4 is 0 Å². The first-order valence-corrected chi connectivity index (χ1v) is 5.54. The summed E-state index contributed by atoms with van der Waals surface area (Å²) >= 11 is 0. The molecule has 3 heteroatoms. The summed E-state index contributed by atoms with van der Waals surface area (Å²) in [6.07, 6.45) is 2.06. The Labute approximate surface area is 87.1 Å². The quantitative estimate of drug-likeness (QED) is 0.743. The van der Waals surface area contributed by atoms with Crippen molar-refractivity contribution in [3.05, 3.63) is 0 Å². The Morgan fingerprint density at radius 3 is 2.57 bits per heavy atom. The monoisotopic (exact) mass is 201 g/mol. The maximum absolute atomic E-state index is 9.32. The molecule has 1 heterocycles. The van der Waals surface area contributed by atoms with Gasteiger partial charge in [0.1, 0.15) is 0 Å². The highest BCUT2D eigenvalue weighted by molar-refractivity contribution is 4.83. The highest BCUT2D eigenvalue weighted by Gasteiger charge is 2.30. The van der Waals surface area contributed by atoms with Crippen LogP contribution in [0.3, 0.4) is 0 Å². The van der Waals surface area contributed by atoms with Crippen LogP contribution in [-0.2, 0) is 4.74 Å². The molecule has 0 bridgehead atoms. The first-order valence-electron chi connectivity index (χ1n) is 5.54. The van der Waals surface area contributed by atoms with E-state index >= 15 is 0 Å². The average molecular weight is 201 g/mol. The van der Waals surface area contributed by atoms with Gasteiger partial charge >= 0.3 is 0 Å². The molecular formula is C11H23NO2. The van der Waals surface area contributed by atoms with Crippen molar-refractivity contribution < 1.29 is 9.84 Å². The van der Waals surface area contributed by atoms with Crippen molar-refractivity contribution in [1.29, 1.82) is 0 Å². The number of ether oxygens (including phenoxy) is 1. The van der Waals surface area contributed by atoms with Gasteiger partial charge in [0.2, 0.25) is 0 Å². The molecule has 1 fully saturated rings. The number of hydrogen-bond donors (Lipinski definition) is 1. The number of likely N-dealkylation sites (N-methyl/N-ethyl adjacent to an activating group) is 1. The van der Waals surface area contributed by atoms with Crippen molar-refractivity contribution in [2.45, 2.75) is 57.9 Å². The fourth-order valence-corrected chi connectivity index (χ4v) is 2.24. The fraction of sp³-hybridized carbons (Fsp3) is 1.00. The minimum atomic E-state index is -0.218. The van der Waals surface area contributed by atoms with E-state index < -0.39 is 0 Å². The lowest BCUT2D eigenvalue weighted by atomic mass is 10.1. The molecule has 84 valence electrons. The number of rotatable bonds is 4. The first kappa shape index (κ1) is 12.0. The van der Waals surface area contributed by atoms with Crippen LogP contribution in [0.4, 0.5) is 0 Å². The zero-order valence-corrected chi connectivity index (χ0v) is 9.73. The van der Waals surface area contributed by atoms with Crippen LogP contribution in [0.25, 0.3) is 0 Å². The van der Waals surface area contributed by atoms with Crippen molar-refractivity contribution in [2.75, 3.05) is 13.7 Å². The van der Waals surface area contributed by atoms with Gasteiger partial charge in [0.25, 0.3) is 0 Å². The second kappa shape index (κ2) is 5.10. The summed E-state index contributed by atoms with van der Waals surface area (Å²) in [5, 5.41) is 9.32. The van der Waals surface area contributed by atoms with E-state index in [-0.39, 0.29) is 6.10 Å². The van der Waals surface area contributed by atoms with E-state index in [0.717, 1.165) is 19.4 Å². The maximum Gasteiger partial charge on any atom is 0.0703 e. The molecule has 4 unspecified atom stereocenters. The van der Waals surface area contributed by atoms with E-state index in [1.54, 1.807) is 0 Å². The minimum absolute atomic E-state index is 0.218. The highest BCUT2D eigenvalue weighted by Crippen LogP contribution is 2.21. The molecule has 1 aliphatic rings. The fourth-order valence-electron chi connectivity index (χ4n) is 2.24. The van der Waals surface area contributed by atoms with E-state index in [0.29, 0.717) is 18.2 Å². The number of hydrogen-bond acceptors (Lipinski definition) is 3. The molecule has 0 saturated carbocycles. The Morgan fingerprint density at radius 1 is 1.50 bits per heavy atom. The Morgan fingerprint density at radius 2 is 2.14 bits per heavy atom. The third-order valence-electron chi connectivity index (χ3n) is 3.24. The van der Waals surface area contributed by atoms with Crippen LogP contribution in [0.2, 0.25) is 0 Å². The second-order valence-corrected chi connectivity index (χ2v) is 4.53. The normalized spacial score (nSPS) is 32.1. The molecule has 1 rings (SSSR count). The van der Waals surface area contributed by atoms with E-state index in [9.17, 15) is 5.11 Å². The molecule has 0 aromatic carbocycles. The molecule has 3 nitrogen and oxygen atoms in total. The van der Waals surface area contributed by atoms with Gasteiger partial charge in [-0.05, 0) is 40.7 Å². The third kappa shape index (κ3) is 2.94. The molecule has 0 spiro atoms. The van der Waals surface area contributed by atoms with Gasteiger partial charge < -0.3 is 9.84 Å². The Hall–Kier alpha value is -0.120. The molecule has 0 radical (unpaired) electrons. The Bertz CT molecular complexity index is 173. The van der Waals surface area contributed by atoms with Crippen LogP contribution in [0, 0.1) is 0 Å². The molecule has 0 aromatic heterocycles. The number of aliphatic hydroxyl groups is 1. The topological polar surface area (TPSA) is 32.7 Å². The number of nitrogens with zero attached hydrogens (tertiary/aromatic N) is 1. The summed E-state index contributed by atoms with van der Waals surface area (Å²) < 4.78 is 5.54. The lowest BCUT2D eigenvalue weighted by Gasteiger charge is -2.32. The predicted octanol–water partition coefficient (Wildman–Crippen LogP) is 1.25. The molecule has 1 N–H and O–H groups in total. The molecule has 14 heavy (non-hydrogen) atoms. The standard InChI is InChI=1S/C11H23NO2/c1-8(7-9(2)13)12(4)11-5-6-14-10(11)3/h8-11,13H,5-7H2,1-4H3. The van der Waals surface area contributed by atoms with Crippen LogP contribution in [-0.4, -0.2) is 48.0 Å². The van der Waals surface area contributed by atoms with Gasteiger partial charge in [-0.15, -0.1) is 0 Å². The van der Waals surface area contributed by atoms with Crippen LogP contribution in [0.15, 0.2) is 0 Å². The van der Waals surface area contributed by atoms with Gasteiger partial charge in [-0.25, -0.2) is 0 Å². The lowest BCUT2D eigenvalue weighted by Crippen LogP contribution is -2.43. The first-order chi connectivity index (χ1) is 6.52. The van der Waals surface area contributed by atoms with E-state index in [1.165, 1.54) is 0 Å². The summed E-state index contributed by atoms with van der Waals surface area (Å²) in [4.78, 5) is 2.34. The summed E-state index contributed by atoms with van der Waals surface area (Å²) in [5.74, 6) is 0. The van der Waals surface area contributed by atoms with Crippen LogP contribution in [0.5, 0.6) is 0 Å². The largest absolute Gasteiger partial charge is 0.393 e. The Balaban J connectivity index is 2.42. The lowest BCUT2D eigenvalue weighted by molar-refractivity contribution is 0.0565.